The van der Waals surface area contributed by atoms with E-state index in [9.17, 15) is 0 Å². The molecule has 1 aliphatic heterocycles. The average Bonchev–Trinajstić information content (AvgIpc) is 1.60. The molecule has 8 heavy (non-hydrogen) atoms. The predicted molar refractivity (Wildman–Crippen MR) is 31.0 cm³/mol. The Morgan fingerprint density at radius 2 is 2.00 bits per heavy atom. The Bertz CT molecular complexity index is 124. The molecule has 1 rings (SSSR count). The number of likely N-dealkylation sites (tertiary alicyclic amines) is 1. The van der Waals surface area contributed by atoms with E-state index < -0.39 is 0 Å². The van der Waals surface area contributed by atoms with Crippen molar-refractivity contribution in [1.29, 1.82) is 5.26 Å². The monoisotopic (exact) mass is 110 g/mol. The lowest BCUT2D eigenvalue weighted by Crippen LogP contribution is -2.49. The molecular formula is C6H10N2. The maximum absolute atomic E-state index is 8.29. The molecule has 0 unspecified atom stereocenters. The van der Waals surface area contributed by atoms with Crippen LogP contribution in [-0.4, -0.2) is 18.0 Å². The van der Waals surface area contributed by atoms with Gasteiger partial charge in [-0.1, -0.05) is 13.8 Å². The zero-order valence-electron chi connectivity index (χ0n) is 5.31. The first-order chi connectivity index (χ1) is 3.64. The third-order valence-corrected chi connectivity index (χ3v) is 1.38. The van der Waals surface area contributed by atoms with Gasteiger partial charge in [0.15, 0.2) is 6.19 Å². The summed E-state index contributed by atoms with van der Waals surface area (Å²) in [4.78, 5) is 1.76. The van der Waals surface area contributed by atoms with Crippen LogP contribution in [0.2, 0.25) is 0 Å². The van der Waals surface area contributed by atoms with Gasteiger partial charge < -0.3 is 4.90 Å². The van der Waals surface area contributed by atoms with Gasteiger partial charge in [0.2, 0.25) is 0 Å². The Morgan fingerprint density at radius 3 is 2.12 bits per heavy atom. The molecule has 1 saturated heterocycles. The molecule has 0 aromatic carbocycles. The average molecular weight is 110 g/mol. The summed E-state index contributed by atoms with van der Waals surface area (Å²) in [5.41, 5.74) is 0.399. The van der Waals surface area contributed by atoms with Gasteiger partial charge in [-0.25, -0.2) is 0 Å². The summed E-state index contributed by atoms with van der Waals surface area (Å²) in [5.74, 6) is 0. The fraction of sp³-hybridized carbons (Fsp3) is 0.833. The van der Waals surface area contributed by atoms with Gasteiger partial charge in [-0.2, -0.15) is 5.26 Å². The highest BCUT2D eigenvalue weighted by atomic mass is 15.2. The Labute approximate surface area is 49.7 Å². The smallest absolute Gasteiger partial charge is 0.179 e. The van der Waals surface area contributed by atoms with E-state index in [1.54, 1.807) is 4.90 Å². The Hall–Kier alpha value is -0.710. The summed E-state index contributed by atoms with van der Waals surface area (Å²) in [6.07, 6.45) is 2.09. The quantitative estimate of drug-likeness (QED) is 0.431. The van der Waals surface area contributed by atoms with Crippen LogP contribution >= 0.6 is 0 Å². The van der Waals surface area contributed by atoms with Crippen molar-refractivity contribution in [2.45, 2.75) is 13.8 Å². The second-order valence-corrected chi connectivity index (χ2v) is 3.12. The lowest BCUT2D eigenvalue weighted by atomic mass is 9.85. The van der Waals surface area contributed by atoms with Crippen LogP contribution in [0.25, 0.3) is 0 Å². The van der Waals surface area contributed by atoms with Crippen molar-refractivity contribution in [1.82, 2.24) is 4.90 Å². The minimum atomic E-state index is 0.399. The van der Waals surface area contributed by atoms with E-state index in [2.05, 4.69) is 20.0 Å². The molecule has 0 saturated carbocycles. The second kappa shape index (κ2) is 1.38. The number of hydrogen-bond donors (Lipinski definition) is 0. The highest BCUT2D eigenvalue weighted by Crippen LogP contribution is 2.27. The van der Waals surface area contributed by atoms with Crippen LogP contribution in [0.3, 0.4) is 0 Å². The van der Waals surface area contributed by atoms with Crippen molar-refractivity contribution in [3.8, 4) is 6.19 Å². The number of nitrogens with zero attached hydrogens (tertiary/aromatic N) is 2. The Balaban J connectivity index is 2.34. The zero-order valence-corrected chi connectivity index (χ0v) is 5.31. The van der Waals surface area contributed by atoms with Crippen LogP contribution in [0.5, 0.6) is 0 Å². The summed E-state index contributed by atoms with van der Waals surface area (Å²) < 4.78 is 0. The molecule has 0 amide bonds. The Morgan fingerprint density at radius 1 is 1.50 bits per heavy atom. The van der Waals surface area contributed by atoms with Crippen LogP contribution in [0.4, 0.5) is 0 Å². The molecule has 2 heteroatoms. The first kappa shape index (κ1) is 5.43. The molecule has 0 atom stereocenters. The highest BCUT2D eigenvalue weighted by Gasteiger charge is 2.33. The fourth-order valence-corrected chi connectivity index (χ4v) is 1.06. The molecule has 0 aliphatic carbocycles. The van der Waals surface area contributed by atoms with Gasteiger partial charge in [-0.3, -0.25) is 0 Å². The normalized spacial score (nSPS) is 23.9. The SMILES string of the molecule is CC1(C)CN(C#N)C1. The van der Waals surface area contributed by atoms with Crippen molar-refractivity contribution < 1.29 is 0 Å². The van der Waals surface area contributed by atoms with Crippen molar-refractivity contribution >= 4 is 0 Å². The molecule has 0 N–H and O–H groups in total. The second-order valence-electron chi connectivity index (χ2n) is 3.12. The molecule has 1 fully saturated rings. The van der Waals surface area contributed by atoms with E-state index in [4.69, 9.17) is 5.26 Å². The number of rotatable bonds is 0. The van der Waals surface area contributed by atoms with Crippen molar-refractivity contribution in [2.75, 3.05) is 13.1 Å². The number of hydrogen-bond acceptors (Lipinski definition) is 2. The molecule has 2 nitrogen and oxygen atoms in total. The molecule has 1 aliphatic rings. The van der Waals surface area contributed by atoms with Crippen molar-refractivity contribution in [2.24, 2.45) is 5.41 Å². The van der Waals surface area contributed by atoms with Gasteiger partial charge in [0.25, 0.3) is 0 Å². The standard InChI is InChI=1S/C6H10N2/c1-6(2)3-8(4-6)5-7/h3-4H2,1-2H3. The van der Waals surface area contributed by atoms with Crippen molar-refractivity contribution in [3.63, 3.8) is 0 Å². The van der Waals surface area contributed by atoms with E-state index in [0.29, 0.717) is 5.41 Å². The summed E-state index contributed by atoms with van der Waals surface area (Å²) in [5, 5.41) is 8.29. The largest absolute Gasteiger partial charge is 0.309 e. The van der Waals surface area contributed by atoms with E-state index in [-0.39, 0.29) is 0 Å². The van der Waals surface area contributed by atoms with Crippen LogP contribution in [0.1, 0.15) is 13.8 Å². The molecule has 0 radical (unpaired) electrons. The van der Waals surface area contributed by atoms with Gasteiger partial charge in [0.1, 0.15) is 0 Å². The summed E-state index contributed by atoms with van der Waals surface area (Å²) in [6, 6.07) is 0. The first-order valence-corrected chi connectivity index (χ1v) is 2.79. The minimum Gasteiger partial charge on any atom is -0.309 e. The minimum absolute atomic E-state index is 0.399. The van der Waals surface area contributed by atoms with Gasteiger partial charge in [0.05, 0.1) is 0 Å². The topological polar surface area (TPSA) is 27.0 Å². The maximum atomic E-state index is 8.29. The number of nitriles is 1. The maximum Gasteiger partial charge on any atom is 0.179 e. The molecule has 0 spiro atoms. The van der Waals surface area contributed by atoms with Crippen molar-refractivity contribution in [3.05, 3.63) is 0 Å². The van der Waals surface area contributed by atoms with Crippen LogP contribution in [0, 0.1) is 16.9 Å². The van der Waals surface area contributed by atoms with E-state index in [1.165, 1.54) is 0 Å². The first-order valence-electron chi connectivity index (χ1n) is 2.79. The summed E-state index contributed by atoms with van der Waals surface area (Å²) in [6.45, 7) is 6.20. The third kappa shape index (κ3) is 0.764. The van der Waals surface area contributed by atoms with Gasteiger partial charge in [-0.15, -0.1) is 0 Å². The molecule has 0 bridgehead atoms. The summed E-state index contributed by atoms with van der Waals surface area (Å²) >= 11 is 0. The molecular weight excluding hydrogens is 100 g/mol. The molecule has 44 valence electrons. The van der Waals surface area contributed by atoms with E-state index >= 15 is 0 Å². The predicted octanol–water partition coefficient (Wildman–Crippen LogP) is 0.809. The molecule has 0 aromatic rings. The zero-order chi connectivity index (χ0) is 6.20. The lowest BCUT2D eigenvalue weighted by molar-refractivity contribution is 0.0858. The fourth-order valence-electron chi connectivity index (χ4n) is 1.06. The third-order valence-electron chi connectivity index (χ3n) is 1.38. The van der Waals surface area contributed by atoms with Crippen LogP contribution in [-0.2, 0) is 0 Å². The lowest BCUT2D eigenvalue weighted by Gasteiger charge is -2.41. The van der Waals surface area contributed by atoms with E-state index in [0.717, 1.165) is 13.1 Å². The van der Waals surface area contributed by atoms with Crippen LogP contribution in [0.15, 0.2) is 0 Å². The molecule has 1 heterocycles. The van der Waals surface area contributed by atoms with Crippen LogP contribution < -0.4 is 0 Å². The molecule has 0 aromatic heterocycles. The van der Waals surface area contributed by atoms with Gasteiger partial charge >= 0.3 is 0 Å². The van der Waals surface area contributed by atoms with Gasteiger partial charge in [0, 0.05) is 18.5 Å². The van der Waals surface area contributed by atoms with E-state index in [1.807, 2.05) is 0 Å². The highest BCUT2D eigenvalue weighted by molar-refractivity contribution is 4.94. The summed E-state index contributed by atoms with van der Waals surface area (Å²) in [7, 11) is 0. The van der Waals surface area contributed by atoms with Gasteiger partial charge in [-0.05, 0) is 0 Å². The Kier molecular flexibility index (Phi) is 0.937.